The number of hydrogen-bond donors (Lipinski definition) is 2. The molecule has 0 unspecified atom stereocenters. The third kappa shape index (κ3) is 1.96. The molecule has 0 saturated heterocycles. The molecule has 0 atom stereocenters. The Hall–Kier alpha value is -0.505. The van der Waals surface area contributed by atoms with E-state index in [0.29, 0.717) is 17.0 Å². The van der Waals surface area contributed by atoms with Gasteiger partial charge in [-0.15, -0.1) is 0 Å². The molecule has 0 amide bonds. The molecule has 57 valence electrons. The van der Waals surface area contributed by atoms with E-state index in [2.05, 4.69) is 0 Å². The average Bonchev–Trinajstić information content (AvgIpc) is 2.04. The number of benzene rings is 1. The van der Waals surface area contributed by atoms with Gasteiger partial charge in [0.05, 0.1) is 0 Å². The van der Waals surface area contributed by atoms with E-state index in [0.717, 1.165) is 13.0 Å². The fraction of sp³-hybridized carbons (Fsp3) is 0.143. The van der Waals surface area contributed by atoms with E-state index in [1.165, 1.54) is 0 Å². The quantitative estimate of drug-likeness (QED) is 0.612. The van der Waals surface area contributed by atoms with E-state index in [4.69, 9.17) is 22.4 Å². The Morgan fingerprint density at radius 2 is 2.27 bits per heavy atom. The van der Waals surface area contributed by atoms with Crippen LogP contribution in [0.5, 0.6) is 0 Å². The third-order valence-corrected chi connectivity index (χ3v) is 1.80. The smallest absolute Gasteiger partial charge is 0.326 e. The van der Waals surface area contributed by atoms with Crippen LogP contribution in [0.25, 0.3) is 0 Å². The molecule has 3 N–H and O–H groups in total. The van der Waals surface area contributed by atoms with Gasteiger partial charge in [0.25, 0.3) is 0 Å². The van der Waals surface area contributed by atoms with Gasteiger partial charge in [-0.1, -0.05) is 29.2 Å². The molecule has 0 saturated carbocycles. The van der Waals surface area contributed by atoms with Crippen LogP contribution in [0.2, 0.25) is 5.02 Å². The third-order valence-electron chi connectivity index (χ3n) is 1.45. The first-order valence-electron chi connectivity index (χ1n) is 3.24. The minimum atomic E-state index is 0.421. The van der Waals surface area contributed by atoms with E-state index in [1.54, 1.807) is 18.2 Å². The molecule has 0 aliphatic heterocycles. The van der Waals surface area contributed by atoms with Crippen LogP contribution < -0.4 is 11.2 Å². The van der Waals surface area contributed by atoms with Crippen LogP contribution in [-0.2, 0) is 6.54 Å². The highest BCUT2D eigenvalue weighted by Gasteiger charge is 1.99. The Bertz CT molecular complexity index is 254. The topological polar surface area (TPSA) is 46.2 Å². The van der Waals surface area contributed by atoms with Crippen molar-refractivity contribution in [2.75, 3.05) is 0 Å². The van der Waals surface area contributed by atoms with E-state index in [9.17, 15) is 0 Å². The Morgan fingerprint density at radius 1 is 1.55 bits per heavy atom. The zero-order chi connectivity index (χ0) is 8.27. The van der Waals surface area contributed by atoms with Crippen molar-refractivity contribution in [1.29, 1.82) is 0 Å². The van der Waals surface area contributed by atoms with E-state index in [-0.39, 0.29) is 0 Å². The van der Waals surface area contributed by atoms with Crippen LogP contribution in [0.1, 0.15) is 5.56 Å². The molecule has 4 heteroatoms. The molecule has 0 bridgehead atoms. The minimum Gasteiger partial charge on any atom is -0.450 e. The monoisotopic (exact) mass is 168 g/mol. The molecule has 0 aliphatic rings. The fourth-order valence-electron chi connectivity index (χ4n) is 0.809. The first kappa shape index (κ1) is 8.59. The summed E-state index contributed by atoms with van der Waals surface area (Å²) in [7, 11) is 1.01. The lowest BCUT2D eigenvalue weighted by Gasteiger charge is -2.01. The van der Waals surface area contributed by atoms with Crippen LogP contribution in [0.3, 0.4) is 0 Å². The molecule has 11 heavy (non-hydrogen) atoms. The molecule has 1 aromatic rings. The Kier molecular flexibility index (Phi) is 2.94. The Morgan fingerprint density at radius 3 is 2.73 bits per heavy atom. The first-order chi connectivity index (χ1) is 5.27. The molecule has 0 fully saturated rings. The number of rotatable bonds is 2. The maximum Gasteiger partial charge on any atom is 0.326 e. The molecule has 1 rings (SSSR count). The second-order valence-corrected chi connectivity index (χ2v) is 2.59. The van der Waals surface area contributed by atoms with Gasteiger partial charge in [0, 0.05) is 11.6 Å². The zero-order valence-corrected chi connectivity index (χ0v) is 6.67. The molecule has 1 aromatic carbocycles. The summed E-state index contributed by atoms with van der Waals surface area (Å²) in [5.41, 5.74) is 6.96. The van der Waals surface area contributed by atoms with Crippen molar-refractivity contribution >= 4 is 24.5 Å². The van der Waals surface area contributed by atoms with Crippen LogP contribution in [0.15, 0.2) is 18.2 Å². The summed E-state index contributed by atoms with van der Waals surface area (Å²) in [4.78, 5) is 0. The van der Waals surface area contributed by atoms with E-state index < -0.39 is 0 Å². The van der Waals surface area contributed by atoms with Gasteiger partial charge >= 0.3 is 7.48 Å². The summed E-state index contributed by atoms with van der Waals surface area (Å²) in [6, 6.07) is 5.22. The predicted octanol–water partition coefficient (Wildman–Crippen LogP) is 0.0355. The highest BCUT2D eigenvalue weighted by molar-refractivity contribution is 6.46. The summed E-state index contributed by atoms with van der Waals surface area (Å²) in [6.45, 7) is 0.421. The SMILES string of the molecule is NCc1ccc([B]O)cc1Cl. The van der Waals surface area contributed by atoms with Gasteiger partial charge in [0.2, 0.25) is 0 Å². The number of nitrogens with two attached hydrogens (primary N) is 1. The minimum absolute atomic E-state index is 0.421. The van der Waals surface area contributed by atoms with Crippen LogP contribution in [-0.4, -0.2) is 12.5 Å². The van der Waals surface area contributed by atoms with Crippen molar-refractivity contribution in [3.63, 3.8) is 0 Å². The van der Waals surface area contributed by atoms with Crippen molar-refractivity contribution < 1.29 is 5.02 Å². The highest BCUT2D eigenvalue weighted by Crippen LogP contribution is 2.12. The summed E-state index contributed by atoms with van der Waals surface area (Å²) in [5.74, 6) is 0. The predicted molar refractivity (Wildman–Crippen MR) is 47.0 cm³/mol. The van der Waals surface area contributed by atoms with Gasteiger partial charge in [-0.25, -0.2) is 0 Å². The van der Waals surface area contributed by atoms with Crippen molar-refractivity contribution in [3.8, 4) is 0 Å². The summed E-state index contributed by atoms with van der Waals surface area (Å²) >= 11 is 5.80. The lowest BCUT2D eigenvalue weighted by molar-refractivity contribution is 0.615. The van der Waals surface area contributed by atoms with Crippen molar-refractivity contribution in [2.45, 2.75) is 6.54 Å². The van der Waals surface area contributed by atoms with Crippen LogP contribution in [0.4, 0.5) is 0 Å². The standard InChI is InChI=1S/C7H8BClNO/c9-7-3-6(8-11)2-1-5(7)4-10/h1-3,11H,4,10H2. The Balaban J connectivity index is 2.99. The Labute approximate surface area is 71.3 Å². The zero-order valence-electron chi connectivity index (χ0n) is 5.92. The lowest BCUT2D eigenvalue weighted by atomic mass is 9.88. The molecular weight excluding hydrogens is 160 g/mol. The largest absolute Gasteiger partial charge is 0.450 e. The number of halogens is 1. The van der Waals surface area contributed by atoms with Crippen molar-refractivity contribution in [1.82, 2.24) is 0 Å². The maximum atomic E-state index is 8.61. The van der Waals surface area contributed by atoms with Crippen molar-refractivity contribution in [2.24, 2.45) is 5.73 Å². The second kappa shape index (κ2) is 3.76. The summed E-state index contributed by atoms with van der Waals surface area (Å²) in [5, 5.41) is 9.20. The summed E-state index contributed by atoms with van der Waals surface area (Å²) < 4.78 is 0. The van der Waals surface area contributed by atoms with E-state index >= 15 is 0 Å². The van der Waals surface area contributed by atoms with E-state index in [1.807, 2.05) is 0 Å². The number of hydrogen-bond acceptors (Lipinski definition) is 2. The highest BCUT2D eigenvalue weighted by atomic mass is 35.5. The molecule has 0 spiro atoms. The van der Waals surface area contributed by atoms with Gasteiger partial charge < -0.3 is 10.8 Å². The normalized spacial score (nSPS) is 9.73. The summed E-state index contributed by atoms with van der Waals surface area (Å²) in [6.07, 6.45) is 0. The second-order valence-electron chi connectivity index (χ2n) is 2.18. The van der Waals surface area contributed by atoms with Crippen LogP contribution >= 0.6 is 11.6 Å². The van der Waals surface area contributed by atoms with Gasteiger partial charge in [-0.3, -0.25) is 0 Å². The average molecular weight is 168 g/mol. The van der Waals surface area contributed by atoms with Gasteiger partial charge in [-0.2, -0.15) is 0 Å². The fourth-order valence-corrected chi connectivity index (χ4v) is 1.08. The van der Waals surface area contributed by atoms with Crippen molar-refractivity contribution in [3.05, 3.63) is 28.8 Å². The van der Waals surface area contributed by atoms with Gasteiger partial charge in [0.15, 0.2) is 0 Å². The lowest BCUT2D eigenvalue weighted by Crippen LogP contribution is -2.13. The molecule has 1 radical (unpaired) electrons. The molecule has 0 aromatic heterocycles. The molecule has 0 aliphatic carbocycles. The van der Waals surface area contributed by atoms with Crippen LogP contribution in [0, 0.1) is 0 Å². The van der Waals surface area contributed by atoms with Gasteiger partial charge in [0.1, 0.15) is 0 Å². The molecule has 0 heterocycles. The first-order valence-corrected chi connectivity index (χ1v) is 3.61. The molecular formula is C7H8BClNO. The molecule has 2 nitrogen and oxygen atoms in total. The maximum absolute atomic E-state index is 8.61. The van der Waals surface area contributed by atoms with Gasteiger partial charge in [-0.05, 0) is 11.6 Å².